The summed E-state index contributed by atoms with van der Waals surface area (Å²) in [7, 11) is 0. The minimum absolute atomic E-state index is 0.236. The van der Waals surface area contributed by atoms with E-state index in [1.54, 1.807) is 6.92 Å². The van der Waals surface area contributed by atoms with Crippen LogP contribution in [0.3, 0.4) is 0 Å². The molecule has 1 heterocycles. The third-order valence-corrected chi connectivity index (χ3v) is 2.23. The van der Waals surface area contributed by atoms with Crippen molar-refractivity contribution >= 4 is 21.9 Å². The molecule has 0 saturated carbocycles. The Morgan fingerprint density at radius 1 is 1.80 bits per heavy atom. The van der Waals surface area contributed by atoms with E-state index in [0.717, 1.165) is 0 Å². The second kappa shape index (κ2) is 5.41. The maximum Gasteiger partial charge on any atom is 0.329 e. The van der Waals surface area contributed by atoms with Crippen LogP contribution in [-0.2, 0) is 9.53 Å². The van der Waals surface area contributed by atoms with E-state index in [1.807, 2.05) is 6.07 Å². The zero-order valence-corrected chi connectivity index (χ0v) is 9.56. The number of esters is 1. The van der Waals surface area contributed by atoms with Gasteiger partial charge in [-0.05, 0) is 22.9 Å². The minimum Gasteiger partial charge on any atom is -0.465 e. The van der Waals surface area contributed by atoms with Gasteiger partial charge in [0, 0.05) is 6.20 Å². The Labute approximate surface area is 95.2 Å². The fourth-order valence-corrected chi connectivity index (χ4v) is 1.44. The summed E-state index contributed by atoms with van der Waals surface area (Å²) in [4.78, 5) is 19.0. The first-order valence-electron chi connectivity index (χ1n) is 4.22. The van der Waals surface area contributed by atoms with Crippen LogP contribution in [0.1, 0.15) is 18.5 Å². The van der Waals surface area contributed by atoms with Crippen molar-refractivity contribution in [3.8, 4) is 6.07 Å². The number of ether oxygens (including phenoxy) is 1. The Kier molecular flexibility index (Phi) is 4.18. The molecule has 1 unspecified atom stereocenters. The lowest BCUT2D eigenvalue weighted by Gasteiger charge is -2.08. The van der Waals surface area contributed by atoms with E-state index in [2.05, 4.69) is 25.9 Å². The van der Waals surface area contributed by atoms with Crippen molar-refractivity contribution in [2.45, 2.75) is 12.8 Å². The third kappa shape index (κ3) is 2.73. The monoisotopic (exact) mass is 269 g/mol. The van der Waals surface area contributed by atoms with E-state index < -0.39 is 11.9 Å². The molecule has 0 saturated heterocycles. The normalized spacial score (nSPS) is 11.5. The molecule has 0 amide bonds. The van der Waals surface area contributed by atoms with Crippen molar-refractivity contribution in [2.75, 3.05) is 6.61 Å². The van der Waals surface area contributed by atoms with Crippen LogP contribution in [0.4, 0.5) is 0 Å². The zero-order valence-electron chi connectivity index (χ0n) is 7.98. The van der Waals surface area contributed by atoms with E-state index in [-0.39, 0.29) is 6.61 Å². The van der Waals surface area contributed by atoms with Crippen molar-refractivity contribution in [2.24, 2.45) is 0 Å². The summed E-state index contributed by atoms with van der Waals surface area (Å²) >= 11 is 3.17. The Hall–Kier alpha value is -1.48. The Bertz CT molecular complexity index is 403. The molecule has 0 aliphatic rings. The molecular weight excluding hydrogens is 262 g/mol. The van der Waals surface area contributed by atoms with Gasteiger partial charge in [0.2, 0.25) is 0 Å². The van der Waals surface area contributed by atoms with Gasteiger partial charge < -0.3 is 4.74 Å². The number of rotatable bonds is 3. The summed E-state index contributed by atoms with van der Waals surface area (Å²) in [6.07, 6.45) is 2.76. The second-order valence-corrected chi connectivity index (χ2v) is 3.42. The summed E-state index contributed by atoms with van der Waals surface area (Å²) in [6, 6.07) is 1.85. The van der Waals surface area contributed by atoms with Gasteiger partial charge in [-0.2, -0.15) is 5.26 Å². The summed E-state index contributed by atoms with van der Waals surface area (Å²) in [6.45, 7) is 1.92. The standard InChI is InChI=1S/C9H8BrN3O2/c1-2-15-9(14)6(3-11)8-7(10)4-12-5-13-8/h4-6H,2H2,1H3. The minimum atomic E-state index is -1.01. The molecule has 5 nitrogen and oxygen atoms in total. The molecule has 0 aliphatic carbocycles. The summed E-state index contributed by atoms with van der Waals surface area (Å²) in [5.41, 5.74) is 0.325. The molecule has 0 aliphatic heterocycles. The molecule has 1 atom stereocenters. The van der Waals surface area contributed by atoms with Crippen molar-refractivity contribution in [3.05, 3.63) is 22.7 Å². The molecule has 6 heteroatoms. The van der Waals surface area contributed by atoms with Crippen LogP contribution in [-0.4, -0.2) is 22.5 Å². The molecule has 0 spiro atoms. The fourth-order valence-electron chi connectivity index (χ4n) is 0.986. The van der Waals surface area contributed by atoms with Crippen LogP contribution in [0, 0.1) is 11.3 Å². The molecule has 15 heavy (non-hydrogen) atoms. The Morgan fingerprint density at radius 2 is 2.53 bits per heavy atom. The molecule has 0 fully saturated rings. The van der Waals surface area contributed by atoms with E-state index in [0.29, 0.717) is 10.2 Å². The van der Waals surface area contributed by atoms with Crippen molar-refractivity contribution in [1.82, 2.24) is 9.97 Å². The van der Waals surface area contributed by atoms with E-state index in [1.165, 1.54) is 12.5 Å². The molecular formula is C9H8BrN3O2. The van der Waals surface area contributed by atoms with Crippen LogP contribution >= 0.6 is 15.9 Å². The highest BCUT2D eigenvalue weighted by atomic mass is 79.9. The number of nitriles is 1. The number of carbonyl (C=O) groups excluding carboxylic acids is 1. The highest BCUT2D eigenvalue weighted by Crippen LogP contribution is 2.22. The second-order valence-electron chi connectivity index (χ2n) is 2.57. The average Bonchev–Trinajstić information content (AvgIpc) is 2.22. The molecule has 1 rings (SSSR count). The predicted molar refractivity (Wildman–Crippen MR) is 54.7 cm³/mol. The van der Waals surface area contributed by atoms with Crippen LogP contribution in [0.5, 0.6) is 0 Å². The van der Waals surface area contributed by atoms with Gasteiger partial charge in [-0.1, -0.05) is 0 Å². The SMILES string of the molecule is CCOC(=O)C(C#N)c1ncncc1Br. The topological polar surface area (TPSA) is 75.9 Å². The zero-order chi connectivity index (χ0) is 11.3. The average molecular weight is 270 g/mol. The van der Waals surface area contributed by atoms with Gasteiger partial charge in [-0.3, -0.25) is 4.79 Å². The predicted octanol–water partition coefficient (Wildman–Crippen LogP) is 1.41. The largest absolute Gasteiger partial charge is 0.465 e. The van der Waals surface area contributed by atoms with Crippen LogP contribution in [0.2, 0.25) is 0 Å². The molecule has 1 aromatic heterocycles. The maximum atomic E-state index is 11.4. The van der Waals surface area contributed by atoms with Gasteiger partial charge in [-0.15, -0.1) is 0 Å². The molecule has 0 bridgehead atoms. The quantitative estimate of drug-likeness (QED) is 0.776. The molecule has 0 aromatic carbocycles. The molecule has 1 aromatic rings. The van der Waals surface area contributed by atoms with Crippen molar-refractivity contribution in [3.63, 3.8) is 0 Å². The number of carbonyl (C=O) groups is 1. The van der Waals surface area contributed by atoms with E-state index >= 15 is 0 Å². The van der Waals surface area contributed by atoms with Crippen LogP contribution < -0.4 is 0 Å². The molecule has 78 valence electrons. The number of aromatic nitrogens is 2. The first kappa shape index (κ1) is 11.6. The lowest BCUT2D eigenvalue weighted by molar-refractivity contribution is -0.143. The van der Waals surface area contributed by atoms with Gasteiger partial charge >= 0.3 is 5.97 Å². The highest BCUT2D eigenvalue weighted by Gasteiger charge is 2.25. The van der Waals surface area contributed by atoms with Crippen LogP contribution in [0.25, 0.3) is 0 Å². The third-order valence-electron chi connectivity index (χ3n) is 1.62. The van der Waals surface area contributed by atoms with Gasteiger partial charge in [-0.25, -0.2) is 9.97 Å². The Balaban J connectivity index is 2.99. The van der Waals surface area contributed by atoms with E-state index in [9.17, 15) is 4.79 Å². The first-order chi connectivity index (χ1) is 7.20. The number of hydrogen-bond acceptors (Lipinski definition) is 5. The summed E-state index contributed by atoms with van der Waals surface area (Å²) < 4.78 is 5.28. The maximum absolute atomic E-state index is 11.4. The highest BCUT2D eigenvalue weighted by molar-refractivity contribution is 9.10. The Morgan fingerprint density at radius 3 is 3.07 bits per heavy atom. The first-order valence-corrected chi connectivity index (χ1v) is 5.01. The number of nitrogens with zero attached hydrogens (tertiary/aromatic N) is 3. The molecule has 0 N–H and O–H groups in total. The van der Waals surface area contributed by atoms with E-state index in [4.69, 9.17) is 10.00 Å². The molecule has 0 radical (unpaired) electrons. The van der Waals surface area contributed by atoms with Gasteiger partial charge in [0.25, 0.3) is 0 Å². The summed E-state index contributed by atoms with van der Waals surface area (Å²) in [5.74, 6) is -1.61. The van der Waals surface area contributed by atoms with Gasteiger partial charge in [0.1, 0.15) is 6.33 Å². The lowest BCUT2D eigenvalue weighted by atomic mass is 10.1. The van der Waals surface area contributed by atoms with Crippen LogP contribution in [0.15, 0.2) is 17.0 Å². The summed E-state index contributed by atoms with van der Waals surface area (Å²) in [5, 5.41) is 8.87. The number of halogens is 1. The smallest absolute Gasteiger partial charge is 0.329 e. The lowest BCUT2D eigenvalue weighted by Crippen LogP contribution is -2.16. The van der Waals surface area contributed by atoms with Gasteiger partial charge in [0.15, 0.2) is 5.92 Å². The number of hydrogen-bond donors (Lipinski definition) is 0. The fraction of sp³-hybridized carbons (Fsp3) is 0.333. The van der Waals surface area contributed by atoms with Crippen molar-refractivity contribution < 1.29 is 9.53 Å². The van der Waals surface area contributed by atoms with Crippen molar-refractivity contribution in [1.29, 1.82) is 5.26 Å². The van der Waals surface area contributed by atoms with Gasteiger partial charge in [0.05, 0.1) is 22.8 Å².